The molecule has 4 heteroatoms. The van der Waals surface area contributed by atoms with Crippen molar-refractivity contribution in [3.05, 3.63) is 65.7 Å². The van der Waals surface area contributed by atoms with Gasteiger partial charge in [0.2, 0.25) is 0 Å². The first-order valence-electron chi connectivity index (χ1n) is 6.61. The first-order chi connectivity index (χ1) is 10.1. The monoisotopic (exact) mass is 283 g/mol. The van der Waals surface area contributed by atoms with Crippen LogP contribution in [0.5, 0.6) is 0 Å². The Hall–Kier alpha value is -2.62. The molecule has 0 aliphatic rings. The Kier molecular flexibility index (Phi) is 4.72. The highest BCUT2D eigenvalue weighted by Crippen LogP contribution is 2.18. The van der Waals surface area contributed by atoms with Crippen molar-refractivity contribution in [2.24, 2.45) is 0 Å². The fraction of sp³-hybridized carbons (Fsp3) is 0.176. The minimum atomic E-state index is -0.363. The SMILES string of the molecule is COC(=O)Cc1ccccc1C(=O)N(C)c1ccccc1. The molecule has 0 atom stereocenters. The summed E-state index contributed by atoms with van der Waals surface area (Å²) < 4.78 is 4.67. The van der Waals surface area contributed by atoms with Gasteiger partial charge in [-0.2, -0.15) is 0 Å². The van der Waals surface area contributed by atoms with Crippen molar-refractivity contribution in [2.75, 3.05) is 19.1 Å². The third-order valence-electron chi connectivity index (χ3n) is 3.26. The minimum absolute atomic E-state index is 0.0844. The number of carbonyl (C=O) groups excluding carboxylic acids is 2. The topological polar surface area (TPSA) is 46.6 Å². The Morgan fingerprint density at radius 1 is 1.00 bits per heavy atom. The van der Waals surface area contributed by atoms with Crippen molar-refractivity contribution >= 4 is 17.6 Å². The summed E-state index contributed by atoms with van der Waals surface area (Å²) in [5.74, 6) is -0.515. The average Bonchev–Trinajstić information content (AvgIpc) is 2.54. The first-order valence-corrected chi connectivity index (χ1v) is 6.61. The number of para-hydroxylation sites is 1. The molecule has 2 rings (SSSR count). The van der Waals surface area contributed by atoms with Gasteiger partial charge in [0, 0.05) is 18.3 Å². The molecule has 0 fully saturated rings. The molecule has 4 nitrogen and oxygen atoms in total. The maximum absolute atomic E-state index is 12.6. The summed E-state index contributed by atoms with van der Waals surface area (Å²) in [5.41, 5.74) is 1.97. The van der Waals surface area contributed by atoms with Crippen molar-refractivity contribution < 1.29 is 14.3 Å². The van der Waals surface area contributed by atoms with Crippen molar-refractivity contribution in [1.29, 1.82) is 0 Å². The lowest BCUT2D eigenvalue weighted by atomic mass is 10.0. The number of anilines is 1. The van der Waals surface area contributed by atoms with E-state index in [1.54, 1.807) is 36.2 Å². The number of esters is 1. The zero-order chi connectivity index (χ0) is 15.2. The molecule has 2 aromatic carbocycles. The van der Waals surface area contributed by atoms with Crippen LogP contribution in [0.4, 0.5) is 5.69 Å². The summed E-state index contributed by atoms with van der Waals surface area (Å²) >= 11 is 0. The maximum Gasteiger partial charge on any atom is 0.310 e. The number of hydrogen-bond donors (Lipinski definition) is 0. The first kappa shape index (κ1) is 14.8. The summed E-state index contributed by atoms with van der Waals surface area (Å²) in [6.45, 7) is 0. The smallest absolute Gasteiger partial charge is 0.310 e. The van der Waals surface area contributed by atoms with Crippen LogP contribution in [0.3, 0.4) is 0 Å². The molecule has 0 spiro atoms. The van der Waals surface area contributed by atoms with Crippen molar-refractivity contribution in [1.82, 2.24) is 0 Å². The largest absolute Gasteiger partial charge is 0.469 e. The van der Waals surface area contributed by atoms with Gasteiger partial charge in [0.25, 0.3) is 5.91 Å². The zero-order valence-corrected chi connectivity index (χ0v) is 12.1. The van der Waals surface area contributed by atoms with Crippen LogP contribution in [0.2, 0.25) is 0 Å². The maximum atomic E-state index is 12.6. The van der Waals surface area contributed by atoms with Gasteiger partial charge in [-0.05, 0) is 23.8 Å². The highest BCUT2D eigenvalue weighted by molar-refractivity contribution is 6.07. The molecule has 0 N–H and O–H groups in total. The molecule has 0 radical (unpaired) electrons. The van der Waals surface area contributed by atoms with Crippen LogP contribution in [-0.4, -0.2) is 26.0 Å². The van der Waals surface area contributed by atoms with Crippen molar-refractivity contribution in [3.8, 4) is 0 Å². The van der Waals surface area contributed by atoms with Gasteiger partial charge in [-0.15, -0.1) is 0 Å². The van der Waals surface area contributed by atoms with Gasteiger partial charge in [-0.3, -0.25) is 9.59 Å². The molecule has 0 saturated carbocycles. The van der Waals surface area contributed by atoms with E-state index in [-0.39, 0.29) is 18.3 Å². The molecule has 0 aliphatic heterocycles. The summed E-state index contributed by atoms with van der Waals surface area (Å²) in [6.07, 6.45) is 0.0844. The molecule has 2 aromatic rings. The van der Waals surface area contributed by atoms with Gasteiger partial charge in [0.15, 0.2) is 0 Å². The Morgan fingerprint density at radius 2 is 1.62 bits per heavy atom. The van der Waals surface area contributed by atoms with Crippen LogP contribution in [0.1, 0.15) is 15.9 Å². The molecule has 108 valence electrons. The summed E-state index contributed by atoms with van der Waals surface area (Å²) in [5, 5.41) is 0. The van der Waals surface area contributed by atoms with Crippen LogP contribution in [0.25, 0.3) is 0 Å². The van der Waals surface area contributed by atoms with Gasteiger partial charge in [-0.25, -0.2) is 0 Å². The zero-order valence-electron chi connectivity index (χ0n) is 12.1. The molecule has 0 bridgehead atoms. The van der Waals surface area contributed by atoms with E-state index in [2.05, 4.69) is 4.74 Å². The highest BCUT2D eigenvalue weighted by atomic mass is 16.5. The lowest BCUT2D eigenvalue weighted by Gasteiger charge is -2.19. The highest BCUT2D eigenvalue weighted by Gasteiger charge is 2.18. The van der Waals surface area contributed by atoms with E-state index in [4.69, 9.17) is 0 Å². The quantitative estimate of drug-likeness (QED) is 0.810. The van der Waals surface area contributed by atoms with Gasteiger partial charge >= 0.3 is 5.97 Å². The fourth-order valence-corrected chi connectivity index (χ4v) is 2.06. The Balaban J connectivity index is 2.29. The predicted octanol–water partition coefficient (Wildman–Crippen LogP) is 2.68. The van der Waals surface area contributed by atoms with E-state index in [0.29, 0.717) is 11.1 Å². The lowest BCUT2D eigenvalue weighted by Crippen LogP contribution is -2.27. The van der Waals surface area contributed by atoms with Gasteiger partial charge < -0.3 is 9.64 Å². The Bertz CT molecular complexity index is 637. The predicted molar refractivity (Wildman–Crippen MR) is 81.3 cm³/mol. The molecule has 0 aliphatic carbocycles. The third kappa shape index (κ3) is 3.48. The number of amides is 1. The molecule has 0 unspecified atom stereocenters. The van der Waals surface area contributed by atoms with Crippen LogP contribution in [0, 0.1) is 0 Å². The number of hydrogen-bond acceptors (Lipinski definition) is 3. The third-order valence-corrected chi connectivity index (χ3v) is 3.26. The Labute approximate surface area is 124 Å². The minimum Gasteiger partial charge on any atom is -0.469 e. The summed E-state index contributed by atoms with van der Waals surface area (Å²) in [7, 11) is 3.05. The molecule has 0 aromatic heterocycles. The second kappa shape index (κ2) is 6.70. The molecular weight excluding hydrogens is 266 g/mol. The number of methoxy groups -OCH3 is 1. The number of nitrogens with zero attached hydrogens (tertiary/aromatic N) is 1. The van der Waals surface area contributed by atoms with Crippen LogP contribution in [-0.2, 0) is 16.0 Å². The molecule has 21 heavy (non-hydrogen) atoms. The average molecular weight is 283 g/mol. The normalized spacial score (nSPS) is 10.0. The second-order valence-electron chi connectivity index (χ2n) is 4.61. The molecule has 0 saturated heterocycles. The van der Waals surface area contributed by atoms with E-state index in [0.717, 1.165) is 5.69 Å². The van der Waals surface area contributed by atoms with E-state index in [9.17, 15) is 9.59 Å². The van der Waals surface area contributed by atoms with Gasteiger partial charge in [0.05, 0.1) is 13.5 Å². The van der Waals surface area contributed by atoms with E-state index < -0.39 is 0 Å². The molecule has 1 amide bonds. The fourth-order valence-electron chi connectivity index (χ4n) is 2.06. The van der Waals surface area contributed by atoms with E-state index >= 15 is 0 Å². The number of rotatable bonds is 4. The van der Waals surface area contributed by atoms with E-state index in [1.165, 1.54) is 7.11 Å². The van der Waals surface area contributed by atoms with Crippen LogP contribution >= 0.6 is 0 Å². The second-order valence-corrected chi connectivity index (χ2v) is 4.61. The molecular formula is C17H17NO3. The van der Waals surface area contributed by atoms with Crippen LogP contribution in [0.15, 0.2) is 54.6 Å². The number of carbonyl (C=O) groups is 2. The number of ether oxygens (including phenoxy) is 1. The summed E-state index contributed by atoms with van der Waals surface area (Å²) in [4.78, 5) is 25.6. The van der Waals surface area contributed by atoms with E-state index in [1.807, 2.05) is 30.3 Å². The number of benzene rings is 2. The lowest BCUT2D eigenvalue weighted by molar-refractivity contribution is -0.139. The van der Waals surface area contributed by atoms with Crippen molar-refractivity contribution in [2.45, 2.75) is 6.42 Å². The Morgan fingerprint density at radius 3 is 2.29 bits per heavy atom. The van der Waals surface area contributed by atoms with Crippen molar-refractivity contribution in [3.63, 3.8) is 0 Å². The molecule has 0 heterocycles. The standard InChI is InChI=1S/C17H17NO3/c1-18(14-9-4-3-5-10-14)17(20)15-11-7-6-8-13(15)12-16(19)21-2/h3-11H,12H2,1-2H3. The van der Waals surface area contributed by atoms with Gasteiger partial charge in [0.1, 0.15) is 0 Å². The van der Waals surface area contributed by atoms with Gasteiger partial charge in [-0.1, -0.05) is 36.4 Å². The summed E-state index contributed by atoms with van der Waals surface area (Å²) in [6, 6.07) is 16.4. The van der Waals surface area contributed by atoms with Crippen LogP contribution < -0.4 is 4.90 Å².